The molecule has 4 unspecified atom stereocenters. The van der Waals surface area contributed by atoms with Gasteiger partial charge >= 0.3 is 18.2 Å². The lowest BCUT2D eigenvalue weighted by Crippen LogP contribution is -2.54. The van der Waals surface area contributed by atoms with Crippen LogP contribution in [0.4, 0.5) is 20.1 Å². The lowest BCUT2D eigenvalue weighted by molar-refractivity contribution is -0.132. The molecule has 1 fully saturated rings. The first-order chi connectivity index (χ1) is 29.0. The summed E-state index contributed by atoms with van der Waals surface area (Å²) >= 11 is 0. The number of anilines is 1. The van der Waals surface area contributed by atoms with Gasteiger partial charge in [0.05, 0.1) is 46.2 Å². The molecular weight excluding hydrogens is 780 g/mol. The van der Waals surface area contributed by atoms with E-state index in [4.69, 9.17) is 35.2 Å². The van der Waals surface area contributed by atoms with E-state index in [9.17, 15) is 28.8 Å². The summed E-state index contributed by atoms with van der Waals surface area (Å²) in [7, 11) is 0. The molecular formula is C41H64N8O11. The van der Waals surface area contributed by atoms with Crippen LogP contribution in [-0.4, -0.2) is 120 Å². The summed E-state index contributed by atoms with van der Waals surface area (Å²) in [5, 5.41) is 15.9. The number of nitrogens with two attached hydrogens (primary N) is 2. The molecule has 10 N–H and O–H groups in total. The van der Waals surface area contributed by atoms with E-state index in [1.54, 1.807) is 38.1 Å². The third kappa shape index (κ3) is 20.2. The number of alkyl carbamates (subject to hydrolysis) is 2. The van der Waals surface area contributed by atoms with Crippen molar-refractivity contribution in [2.24, 2.45) is 35.1 Å². The summed E-state index contributed by atoms with van der Waals surface area (Å²) in [6, 6.07) is 3.93. The Bertz CT molecular complexity index is 1550. The van der Waals surface area contributed by atoms with Crippen LogP contribution in [0.5, 0.6) is 0 Å². The van der Waals surface area contributed by atoms with E-state index < -0.39 is 48.0 Å². The van der Waals surface area contributed by atoms with Gasteiger partial charge in [-0.05, 0) is 67.1 Å². The molecule has 1 saturated carbocycles. The van der Waals surface area contributed by atoms with Gasteiger partial charge in [-0.15, -0.1) is 11.8 Å². The number of nitrogens with one attached hydrogen (secondary N) is 6. The standard InChI is InChI=1S/C41H64N8O11/c1-28(2)36(38(52)48-34(10-7-17-44-39(43)53)37(51)47-30-13-11-29(12-14-30)26-59-40(54)45-18-16-42)49-35(50)15-20-56-22-24-58-25-23-57-21-19-46-41(55)60-27-33-31-8-5-3-4-6-9-32(31)33/h11-14,28,31-34,36H,5-10,15-27,42H2,1-2H3,(H,45,54)(H,46,55)(H,47,51)(H,48,52)(H,49,50)(H3,43,44,53). The van der Waals surface area contributed by atoms with Gasteiger partial charge in [0.15, 0.2) is 0 Å². The summed E-state index contributed by atoms with van der Waals surface area (Å²) in [4.78, 5) is 74.4. The van der Waals surface area contributed by atoms with E-state index in [1.165, 1.54) is 0 Å². The van der Waals surface area contributed by atoms with E-state index in [0.717, 1.165) is 25.7 Å². The maximum Gasteiger partial charge on any atom is 0.407 e. The molecule has 19 heteroatoms. The van der Waals surface area contributed by atoms with Crippen molar-refractivity contribution in [1.82, 2.24) is 26.6 Å². The Hall–Kier alpha value is -5.16. The summed E-state index contributed by atoms with van der Waals surface area (Å²) in [5.74, 6) is 6.27. The van der Waals surface area contributed by atoms with Crippen LogP contribution in [0.1, 0.15) is 64.4 Å². The monoisotopic (exact) mass is 844 g/mol. The predicted molar refractivity (Wildman–Crippen MR) is 221 cm³/mol. The van der Waals surface area contributed by atoms with E-state index in [0.29, 0.717) is 68.4 Å². The fraction of sp³-hybridized carbons (Fsp3) is 0.659. The van der Waals surface area contributed by atoms with Crippen LogP contribution in [0.2, 0.25) is 0 Å². The number of hydrogen-bond acceptors (Lipinski definition) is 12. The van der Waals surface area contributed by atoms with Crippen LogP contribution < -0.4 is 43.4 Å². The number of fused-ring (bicyclic) bond motifs is 1. The predicted octanol–water partition coefficient (Wildman–Crippen LogP) is 1.49. The van der Waals surface area contributed by atoms with Crippen molar-refractivity contribution in [3.63, 3.8) is 0 Å². The van der Waals surface area contributed by atoms with E-state index in [2.05, 4.69) is 43.7 Å². The van der Waals surface area contributed by atoms with Crippen LogP contribution in [0.3, 0.4) is 0 Å². The third-order valence-corrected chi connectivity index (χ3v) is 9.85. The highest BCUT2D eigenvalue weighted by atomic mass is 16.6. The summed E-state index contributed by atoms with van der Waals surface area (Å²) in [6.07, 6.45) is 3.46. The molecule has 0 radical (unpaired) electrons. The molecule has 2 aliphatic carbocycles. The normalized spacial score (nSPS) is 17.5. The quantitative estimate of drug-likeness (QED) is 0.0441. The number of urea groups is 1. The van der Waals surface area contributed by atoms with Crippen LogP contribution in [0, 0.1) is 35.5 Å². The lowest BCUT2D eigenvalue weighted by atomic mass is 10.0. The topological polar surface area (TPSA) is 273 Å². The maximum absolute atomic E-state index is 13.4. The summed E-state index contributed by atoms with van der Waals surface area (Å²) < 4.78 is 27.0. The molecule has 0 spiro atoms. The molecule has 0 bridgehead atoms. The first-order valence-corrected chi connectivity index (χ1v) is 20.7. The van der Waals surface area contributed by atoms with Crippen molar-refractivity contribution in [1.29, 1.82) is 0 Å². The first kappa shape index (κ1) is 49.2. The number of hydrogen-bond donors (Lipinski definition) is 8. The molecule has 334 valence electrons. The molecule has 0 heterocycles. The van der Waals surface area contributed by atoms with Crippen molar-refractivity contribution in [3.8, 4) is 11.8 Å². The van der Waals surface area contributed by atoms with Gasteiger partial charge in [-0.1, -0.05) is 26.0 Å². The Labute approximate surface area is 352 Å². The second-order valence-corrected chi connectivity index (χ2v) is 14.8. The zero-order valence-corrected chi connectivity index (χ0v) is 34.9. The molecule has 3 rings (SSSR count). The number of primary amides is 1. The fourth-order valence-electron chi connectivity index (χ4n) is 6.55. The zero-order valence-electron chi connectivity index (χ0n) is 34.9. The van der Waals surface area contributed by atoms with Gasteiger partial charge in [-0.25, -0.2) is 14.4 Å². The molecule has 1 aromatic carbocycles. The lowest BCUT2D eigenvalue weighted by Gasteiger charge is -2.25. The van der Waals surface area contributed by atoms with Gasteiger partial charge < -0.3 is 67.1 Å². The average Bonchev–Trinajstić information content (AvgIpc) is 3.87. The van der Waals surface area contributed by atoms with Crippen molar-refractivity contribution in [3.05, 3.63) is 29.8 Å². The highest BCUT2D eigenvalue weighted by Crippen LogP contribution is 2.52. The van der Waals surface area contributed by atoms with E-state index >= 15 is 0 Å². The average molecular weight is 845 g/mol. The Balaban J connectivity index is 1.28. The SMILES string of the molecule is CC(C)C(NC(=O)CCOCCOCCOCCNC(=O)OCC1C2CCC#CCCC21)C(=O)NC(CCCNC(N)=O)C(=O)Nc1ccc(COC(=O)NCCN)cc1. The number of carbonyl (C=O) groups is 6. The molecule has 0 aliphatic heterocycles. The van der Waals surface area contributed by atoms with Gasteiger partial charge in [-0.2, -0.15) is 0 Å². The molecule has 0 saturated heterocycles. The Morgan fingerprint density at radius 1 is 0.750 bits per heavy atom. The van der Waals surface area contributed by atoms with Crippen LogP contribution in [-0.2, 0) is 44.7 Å². The number of amides is 7. The number of benzene rings is 1. The van der Waals surface area contributed by atoms with Gasteiger partial charge in [0.25, 0.3) is 0 Å². The number of ether oxygens (including phenoxy) is 5. The van der Waals surface area contributed by atoms with Crippen molar-refractivity contribution in [2.75, 3.05) is 77.7 Å². The molecule has 4 atom stereocenters. The van der Waals surface area contributed by atoms with Crippen LogP contribution >= 0.6 is 0 Å². The second kappa shape index (κ2) is 28.3. The van der Waals surface area contributed by atoms with Crippen molar-refractivity contribution >= 4 is 41.6 Å². The van der Waals surface area contributed by atoms with Gasteiger partial charge in [0.1, 0.15) is 18.7 Å². The smallest absolute Gasteiger partial charge is 0.407 e. The third-order valence-electron chi connectivity index (χ3n) is 9.85. The Kier molecular flexibility index (Phi) is 23.2. The number of carbonyl (C=O) groups excluding carboxylic acids is 6. The van der Waals surface area contributed by atoms with Crippen LogP contribution in [0.25, 0.3) is 0 Å². The maximum atomic E-state index is 13.4. The highest BCUT2D eigenvalue weighted by molar-refractivity contribution is 5.98. The summed E-state index contributed by atoms with van der Waals surface area (Å²) in [5.41, 5.74) is 11.6. The minimum Gasteiger partial charge on any atom is -0.449 e. The minimum absolute atomic E-state index is 0.00602. The van der Waals surface area contributed by atoms with Gasteiger partial charge in [0.2, 0.25) is 17.7 Å². The molecule has 19 nitrogen and oxygen atoms in total. The molecule has 0 aromatic heterocycles. The van der Waals surface area contributed by atoms with Crippen LogP contribution in [0.15, 0.2) is 24.3 Å². The fourth-order valence-corrected chi connectivity index (χ4v) is 6.55. The molecule has 1 aromatic rings. The minimum atomic E-state index is -1.01. The molecule has 7 amide bonds. The summed E-state index contributed by atoms with van der Waals surface area (Å²) in [6.45, 7) is 6.68. The van der Waals surface area contributed by atoms with Crippen molar-refractivity contribution in [2.45, 2.75) is 77.5 Å². The number of rotatable bonds is 28. The molecule has 60 heavy (non-hydrogen) atoms. The van der Waals surface area contributed by atoms with E-state index in [-0.39, 0.29) is 64.8 Å². The first-order valence-electron chi connectivity index (χ1n) is 20.7. The van der Waals surface area contributed by atoms with Gasteiger partial charge in [-0.3, -0.25) is 14.4 Å². The molecule has 2 aliphatic rings. The van der Waals surface area contributed by atoms with Gasteiger partial charge in [0, 0.05) is 51.1 Å². The van der Waals surface area contributed by atoms with E-state index in [1.807, 2.05) is 0 Å². The second-order valence-electron chi connectivity index (χ2n) is 14.8. The Morgan fingerprint density at radius 2 is 1.37 bits per heavy atom. The zero-order chi connectivity index (χ0) is 43.5. The van der Waals surface area contributed by atoms with Crippen molar-refractivity contribution < 1.29 is 52.5 Å². The Morgan fingerprint density at radius 3 is 2.00 bits per heavy atom. The largest absolute Gasteiger partial charge is 0.449 e. The highest BCUT2D eigenvalue weighted by Gasteiger charge is 2.49.